The van der Waals surface area contributed by atoms with Gasteiger partial charge >= 0.3 is 0 Å². The molecule has 10 heteroatoms. The summed E-state index contributed by atoms with van der Waals surface area (Å²) >= 11 is 0. The number of hydrogen-bond donors (Lipinski definition) is 2. The zero-order chi connectivity index (χ0) is 24.7. The lowest BCUT2D eigenvalue weighted by Gasteiger charge is -2.31. The fourth-order valence-electron chi connectivity index (χ4n) is 4.56. The summed E-state index contributed by atoms with van der Waals surface area (Å²) in [5.74, 6) is 0.504. The van der Waals surface area contributed by atoms with E-state index in [2.05, 4.69) is 25.3 Å². The Labute approximate surface area is 208 Å². The smallest absolute Gasteiger partial charge is 0.285 e. The monoisotopic (exact) mass is 500 g/mol. The number of aliphatic hydroxyl groups is 1. The molecule has 2 N–H and O–H groups in total. The van der Waals surface area contributed by atoms with E-state index >= 15 is 0 Å². The predicted molar refractivity (Wildman–Crippen MR) is 139 cm³/mol. The van der Waals surface area contributed by atoms with Gasteiger partial charge in [-0.05, 0) is 49.2 Å². The zero-order valence-corrected chi connectivity index (χ0v) is 20.1. The summed E-state index contributed by atoms with van der Waals surface area (Å²) in [6.45, 7) is 1.66. The van der Waals surface area contributed by atoms with Crippen LogP contribution in [-0.2, 0) is 10.0 Å². The van der Waals surface area contributed by atoms with Crippen LogP contribution in [-0.4, -0.2) is 51.9 Å². The van der Waals surface area contributed by atoms with Gasteiger partial charge in [-0.2, -0.15) is 17.6 Å². The SMILES string of the molecule is O=S(=O)(c1cccc2cccnc12)n1ncc2cnc(Nc3ccc(N4CCC(O)CC4)cc3)cc21. The van der Waals surface area contributed by atoms with E-state index in [1.54, 1.807) is 36.7 Å². The summed E-state index contributed by atoms with van der Waals surface area (Å²) < 4.78 is 28.2. The molecule has 3 aromatic heterocycles. The van der Waals surface area contributed by atoms with Crippen molar-refractivity contribution < 1.29 is 13.5 Å². The molecule has 0 spiro atoms. The number of pyridine rings is 2. The van der Waals surface area contributed by atoms with E-state index in [1.807, 2.05) is 36.4 Å². The second-order valence-corrected chi connectivity index (χ2v) is 10.6. The highest BCUT2D eigenvalue weighted by Gasteiger charge is 2.24. The second kappa shape index (κ2) is 8.89. The molecule has 2 aromatic carbocycles. The average molecular weight is 501 g/mol. The quantitative estimate of drug-likeness (QED) is 0.373. The molecule has 0 bridgehead atoms. The molecule has 4 heterocycles. The lowest BCUT2D eigenvalue weighted by molar-refractivity contribution is 0.145. The van der Waals surface area contributed by atoms with Crippen molar-refractivity contribution in [2.45, 2.75) is 23.8 Å². The van der Waals surface area contributed by atoms with Crippen LogP contribution in [0.25, 0.3) is 21.8 Å². The van der Waals surface area contributed by atoms with Gasteiger partial charge in [0, 0.05) is 53.7 Å². The first-order chi connectivity index (χ1) is 17.5. The number of hydrogen-bond acceptors (Lipinski definition) is 8. The lowest BCUT2D eigenvalue weighted by Crippen LogP contribution is -2.35. The predicted octanol–water partition coefficient (Wildman–Crippen LogP) is 3.92. The fourth-order valence-corrected chi connectivity index (χ4v) is 6.00. The number of fused-ring (bicyclic) bond motifs is 2. The van der Waals surface area contributed by atoms with Crippen LogP contribution in [0.2, 0.25) is 0 Å². The molecular formula is C26H24N6O3S. The van der Waals surface area contributed by atoms with Crippen molar-refractivity contribution in [3.05, 3.63) is 79.3 Å². The third-order valence-corrected chi connectivity index (χ3v) is 8.12. The Morgan fingerprint density at radius 3 is 2.50 bits per heavy atom. The van der Waals surface area contributed by atoms with Gasteiger partial charge in [-0.1, -0.05) is 18.2 Å². The highest BCUT2D eigenvalue weighted by Crippen LogP contribution is 2.28. The largest absolute Gasteiger partial charge is 0.393 e. The highest BCUT2D eigenvalue weighted by molar-refractivity contribution is 7.90. The number of aromatic nitrogens is 4. The van der Waals surface area contributed by atoms with Crippen LogP contribution in [0.15, 0.2) is 84.1 Å². The van der Waals surface area contributed by atoms with Gasteiger partial charge in [0.25, 0.3) is 10.0 Å². The van der Waals surface area contributed by atoms with Crippen LogP contribution in [0.3, 0.4) is 0 Å². The molecule has 1 saturated heterocycles. The molecular weight excluding hydrogens is 476 g/mol. The van der Waals surface area contributed by atoms with Gasteiger partial charge in [0.1, 0.15) is 10.7 Å². The normalized spacial score (nSPS) is 15.0. The van der Waals surface area contributed by atoms with Crippen LogP contribution in [0.1, 0.15) is 12.8 Å². The van der Waals surface area contributed by atoms with Gasteiger partial charge in [0.05, 0.1) is 23.3 Å². The Morgan fingerprint density at radius 2 is 1.69 bits per heavy atom. The van der Waals surface area contributed by atoms with E-state index in [4.69, 9.17) is 0 Å². The first kappa shape index (κ1) is 22.4. The van der Waals surface area contributed by atoms with E-state index in [1.165, 1.54) is 6.20 Å². The van der Waals surface area contributed by atoms with Gasteiger partial charge in [0.2, 0.25) is 0 Å². The Balaban J connectivity index is 1.30. The highest BCUT2D eigenvalue weighted by atomic mass is 32.2. The van der Waals surface area contributed by atoms with E-state index in [0.717, 1.165) is 46.8 Å². The van der Waals surface area contributed by atoms with Gasteiger partial charge in [-0.3, -0.25) is 4.98 Å². The maximum Gasteiger partial charge on any atom is 0.285 e. The van der Waals surface area contributed by atoms with Crippen molar-refractivity contribution in [2.24, 2.45) is 0 Å². The minimum absolute atomic E-state index is 0.0951. The van der Waals surface area contributed by atoms with Crippen LogP contribution in [0.5, 0.6) is 0 Å². The topological polar surface area (TPSA) is 113 Å². The van der Waals surface area contributed by atoms with Crippen LogP contribution in [0, 0.1) is 0 Å². The standard InChI is InChI=1S/C26H24N6O3S/c33-22-10-13-31(14-11-22)21-8-6-20(7-9-21)30-25-15-23-19(16-28-25)17-29-32(23)36(34,35)24-5-1-3-18-4-2-12-27-26(18)24/h1-9,12,15-17,22,33H,10-11,13-14H2,(H,28,30). The molecule has 6 rings (SSSR count). The first-order valence-corrected chi connectivity index (χ1v) is 13.2. The number of piperidine rings is 1. The molecule has 36 heavy (non-hydrogen) atoms. The summed E-state index contributed by atoms with van der Waals surface area (Å²) in [4.78, 5) is 11.1. The third-order valence-electron chi connectivity index (χ3n) is 6.49. The van der Waals surface area contributed by atoms with Gasteiger partial charge in [-0.15, -0.1) is 0 Å². The number of anilines is 3. The molecule has 182 valence electrons. The van der Waals surface area contributed by atoms with E-state index in [9.17, 15) is 13.5 Å². The minimum atomic E-state index is -4.00. The molecule has 9 nitrogen and oxygen atoms in total. The van der Waals surface area contributed by atoms with Crippen molar-refractivity contribution in [1.29, 1.82) is 0 Å². The lowest BCUT2D eigenvalue weighted by atomic mass is 10.1. The van der Waals surface area contributed by atoms with Crippen LogP contribution >= 0.6 is 0 Å². The molecule has 1 fully saturated rings. The summed E-state index contributed by atoms with van der Waals surface area (Å²) in [7, 11) is -4.00. The Kier molecular flexibility index (Phi) is 5.54. The molecule has 0 saturated carbocycles. The molecule has 0 aliphatic carbocycles. The Morgan fingerprint density at radius 1 is 0.917 bits per heavy atom. The van der Waals surface area contributed by atoms with Gasteiger partial charge in [0.15, 0.2) is 0 Å². The Bertz CT molecular complexity index is 1650. The number of rotatable bonds is 5. The van der Waals surface area contributed by atoms with Gasteiger partial charge in [-0.25, -0.2) is 4.98 Å². The van der Waals surface area contributed by atoms with E-state index in [0.29, 0.717) is 22.2 Å². The Hall–Kier alpha value is -4.02. The van der Waals surface area contributed by atoms with E-state index in [-0.39, 0.29) is 11.0 Å². The summed E-state index contributed by atoms with van der Waals surface area (Å²) in [5.41, 5.74) is 2.75. The molecule has 0 radical (unpaired) electrons. The van der Waals surface area contributed by atoms with Crippen LogP contribution in [0.4, 0.5) is 17.2 Å². The maximum absolute atomic E-state index is 13.6. The molecule has 0 amide bonds. The summed E-state index contributed by atoms with van der Waals surface area (Å²) in [6.07, 6.45) is 6.01. The molecule has 1 aliphatic rings. The van der Waals surface area contributed by atoms with Crippen molar-refractivity contribution in [1.82, 2.24) is 19.2 Å². The number of benzene rings is 2. The summed E-state index contributed by atoms with van der Waals surface area (Å²) in [6, 6.07) is 18.3. The maximum atomic E-state index is 13.6. The summed E-state index contributed by atoms with van der Waals surface area (Å²) in [5, 5.41) is 18.5. The van der Waals surface area contributed by atoms with Crippen LogP contribution < -0.4 is 10.2 Å². The molecule has 0 atom stereocenters. The zero-order valence-electron chi connectivity index (χ0n) is 19.3. The minimum Gasteiger partial charge on any atom is -0.393 e. The molecule has 5 aromatic rings. The fraction of sp³-hybridized carbons (Fsp3) is 0.192. The molecule has 1 aliphatic heterocycles. The average Bonchev–Trinajstić information content (AvgIpc) is 3.33. The molecule has 0 unspecified atom stereocenters. The van der Waals surface area contributed by atoms with E-state index < -0.39 is 10.0 Å². The van der Waals surface area contributed by atoms with Crippen molar-refractivity contribution in [2.75, 3.05) is 23.3 Å². The number of nitrogens with one attached hydrogen (secondary N) is 1. The second-order valence-electron chi connectivity index (χ2n) is 8.84. The number of para-hydroxylation sites is 1. The number of nitrogens with zero attached hydrogens (tertiary/aromatic N) is 5. The van der Waals surface area contributed by atoms with Crippen molar-refractivity contribution in [3.8, 4) is 0 Å². The first-order valence-electron chi connectivity index (χ1n) is 11.7. The van der Waals surface area contributed by atoms with Crippen molar-refractivity contribution in [3.63, 3.8) is 0 Å². The third kappa shape index (κ3) is 4.04. The number of aliphatic hydroxyl groups excluding tert-OH is 1. The van der Waals surface area contributed by atoms with Gasteiger partial charge < -0.3 is 15.3 Å². The van der Waals surface area contributed by atoms with Crippen molar-refractivity contribution >= 4 is 49.0 Å².